The molecule has 25 heavy (non-hydrogen) atoms. The molecule has 0 aromatic rings. The van der Waals surface area contributed by atoms with Crippen LogP contribution in [0.1, 0.15) is 85.5 Å². The van der Waals surface area contributed by atoms with Gasteiger partial charge in [0.2, 0.25) is 0 Å². The predicted molar refractivity (Wildman–Crippen MR) is 103 cm³/mol. The molecule has 0 radical (unpaired) electrons. The minimum atomic E-state index is 0.304. The molecule has 7 atom stereocenters. The van der Waals surface area contributed by atoms with Gasteiger partial charge in [-0.15, -0.1) is 0 Å². The summed E-state index contributed by atoms with van der Waals surface area (Å²) in [5.41, 5.74) is 0.820. The number of hydrogen-bond acceptors (Lipinski definition) is 2. The van der Waals surface area contributed by atoms with Crippen LogP contribution < -0.4 is 5.32 Å². The van der Waals surface area contributed by atoms with Gasteiger partial charge >= 0.3 is 0 Å². The molecule has 2 heteroatoms. The molecule has 3 aliphatic carbocycles. The fourth-order valence-corrected chi connectivity index (χ4v) is 7.97. The average Bonchev–Trinajstić information content (AvgIpc) is 2.91. The van der Waals surface area contributed by atoms with Crippen LogP contribution in [-0.4, -0.2) is 18.4 Å². The molecule has 0 aromatic carbocycles. The smallest absolute Gasteiger partial charge is 0.136 e. The van der Waals surface area contributed by atoms with Gasteiger partial charge in [0.1, 0.15) is 5.78 Å². The van der Waals surface area contributed by atoms with Crippen LogP contribution in [0, 0.1) is 40.4 Å². The summed E-state index contributed by atoms with van der Waals surface area (Å²) in [6.45, 7) is 10.7. The fraction of sp³-hybridized carbons (Fsp3) is 0.957. The van der Waals surface area contributed by atoms with E-state index in [0.717, 1.165) is 30.2 Å². The van der Waals surface area contributed by atoms with E-state index in [1.807, 2.05) is 0 Å². The zero-order valence-corrected chi connectivity index (χ0v) is 16.9. The van der Waals surface area contributed by atoms with E-state index in [1.165, 1.54) is 57.9 Å². The molecule has 2 nitrogen and oxygen atoms in total. The van der Waals surface area contributed by atoms with E-state index in [2.05, 4.69) is 33.0 Å². The fourth-order valence-electron chi connectivity index (χ4n) is 7.97. The summed E-state index contributed by atoms with van der Waals surface area (Å²) in [5, 5.41) is 3.86. The highest BCUT2D eigenvalue weighted by Gasteiger charge is 2.60. The van der Waals surface area contributed by atoms with Crippen molar-refractivity contribution < 1.29 is 4.79 Å². The van der Waals surface area contributed by atoms with Crippen molar-refractivity contribution >= 4 is 5.78 Å². The van der Waals surface area contributed by atoms with Crippen molar-refractivity contribution in [2.75, 3.05) is 6.54 Å². The monoisotopic (exact) mass is 345 g/mol. The summed E-state index contributed by atoms with van der Waals surface area (Å²) in [6.07, 6.45) is 11.5. The molecule has 4 fully saturated rings. The van der Waals surface area contributed by atoms with Crippen LogP contribution >= 0.6 is 0 Å². The van der Waals surface area contributed by atoms with E-state index < -0.39 is 0 Å². The van der Waals surface area contributed by atoms with E-state index >= 15 is 0 Å². The van der Waals surface area contributed by atoms with Gasteiger partial charge in [0.05, 0.1) is 0 Å². The third-order valence-electron chi connectivity index (χ3n) is 9.15. The molecule has 0 spiro atoms. The standard InChI is InChI=1S/C23H39NO/c1-15(2)14-20(25)19-8-7-17-16-6-9-21-23(4,11-5-13-24-21)18(16)10-12-22(17,19)3/h15-19,21,24H,5-14H2,1-4H3/t16-,17-,18+,19?,21?,22-,23+/m0/s1. The van der Waals surface area contributed by atoms with Crippen molar-refractivity contribution in [1.82, 2.24) is 5.32 Å². The van der Waals surface area contributed by atoms with Crippen molar-refractivity contribution in [3.8, 4) is 0 Å². The Labute approximate surface area is 154 Å². The van der Waals surface area contributed by atoms with Crippen LogP contribution in [-0.2, 0) is 4.79 Å². The molecule has 0 aromatic heterocycles. The van der Waals surface area contributed by atoms with E-state index in [-0.39, 0.29) is 0 Å². The normalized spacial score (nSPS) is 49.4. The molecule has 3 saturated carbocycles. The highest BCUT2D eigenvalue weighted by Crippen LogP contribution is 2.65. The lowest BCUT2D eigenvalue weighted by atomic mass is 9.47. The summed E-state index contributed by atoms with van der Waals surface area (Å²) < 4.78 is 0. The number of carbonyl (C=O) groups is 1. The molecule has 2 unspecified atom stereocenters. The van der Waals surface area contributed by atoms with Gasteiger partial charge < -0.3 is 5.32 Å². The molecular formula is C23H39NO. The van der Waals surface area contributed by atoms with Gasteiger partial charge in [-0.2, -0.15) is 0 Å². The first kappa shape index (κ1) is 18.0. The summed E-state index contributed by atoms with van der Waals surface area (Å²) >= 11 is 0. The molecule has 4 rings (SSSR count). The third-order valence-corrected chi connectivity index (χ3v) is 9.15. The molecule has 1 heterocycles. The quantitative estimate of drug-likeness (QED) is 0.760. The van der Waals surface area contributed by atoms with Gasteiger partial charge in [0.15, 0.2) is 0 Å². The minimum Gasteiger partial charge on any atom is -0.313 e. The Bertz CT molecular complexity index is 528. The van der Waals surface area contributed by atoms with Gasteiger partial charge in [-0.25, -0.2) is 0 Å². The number of piperidine rings is 1. The summed E-state index contributed by atoms with van der Waals surface area (Å²) in [7, 11) is 0. The van der Waals surface area contributed by atoms with E-state index in [9.17, 15) is 4.79 Å². The molecule has 1 aliphatic heterocycles. The number of carbonyl (C=O) groups excluding carboxylic acids is 1. The molecule has 142 valence electrons. The first-order valence-electron chi connectivity index (χ1n) is 11.1. The second kappa shape index (κ2) is 6.36. The van der Waals surface area contributed by atoms with Crippen LogP contribution in [0.5, 0.6) is 0 Å². The van der Waals surface area contributed by atoms with Gasteiger partial charge in [-0.05, 0) is 92.4 Å². The van der Waals surface area contributed by atoms with E-state index in [1.54, 1.807) is 0 Å². The first-order valence-corrected chi connectivity index (χ1v) is 11.1. The Morgan fingerprint density at radius 1 is 1.00 bits per heavy atom. The number of rotatable bonds is 3. The van der Waals surface area contributed by atoms with Crippen LogP contribution in [0.3, 0.4) is 0 Å². The summed E-state index contributed by atoms with van der Waals surface area (Å²) in [6, 6.07) is 0.756. The third kappa shape index (κ3) is 2.73. The summed E-state index contributed by atoms with van der Waals surface area (Å²) in [5.74, 6) is 4.04. The summed E-state index contributed by atoms with van der Waals surface area (Å²) in [4.78, 5) is 13.0. The Hall–Kier alpha value is -0.370. The molecule has 0 amide bonds. The van der Waals surface area contributed by atoms with Gasteiger partial charge in [0, 0.05) is 18.4 Å². The predicted octanol–water partition coefficient (Wildman–Crippen LogP) is 5.21. The Morgan fingerprint density at radius 3 is 2.52 bits per heavy atom. The lowest BCUT2D eigenvalue weighted by Gasteiger charge is -2.60. The highest BCUT2D eigenvalue weighted by molar-refractivity contribution is 5.82. The van der Waals surface area contributed by atoms with Crippen molar-refractivity contribution in [3.63, 3.8) is 0 Å². The zero-order valence-electron chi connectivity index (χ0n) is 16.9. The van der Waals surface area contributed by atoms with E-state index in [0.29, 0.717) is 28.4 Å². The Morgan fingerprint density at radius 2 is 1.76 bits per heavy atom. The topological polar surface area (TPSA) is 29.1 Å². The molecule has 0 bridgehead atoms. The maximum atomic E-state index is 13.0. The van der Waals surface area contributed by atoms with Crippen LogP contribution in [0.4, 0.5) is 0 Å². The van der Waals surface area contributed by atoms with Gasteiger partial charge in [-0.3, -0.25) is 4.79 Å². The van der Waals surface area contributed by atoms with Crippen LogP contribution in [0.25, 0.3) is 0 Å². The number of Topliss-reactive ketones (excluding diaryl/α,β-unsaturated/α-hetero) is 1. The van der Waals surface area contributed by atoms with Crippen molar-refractivity contribution in [3.05, 3.63) is 0 Å². The maximum absolute atomic E-state index is 13.0. The maximum Gasteiger partial charge on any atom is 0.136 e. The van der Waals surface area contributed by atoms with E-state index in [4.69, 9.17) is 0 Å². The van der Waals surface area contributed by atoms with Crippen molar-refractivity contribution in [1.29, 1.82) is 0 Å². The zero-order chi connectivity index (χ0) is 17.8. The minimum absolute atomic E-state index is 0.304. The lowest BCUT2D eigenvalue weighted by Crippen LogP contribution is -2.59. The Kier molecular flexibility index (Phi) is 4.58. The number of fused-ring (bicyclic) bond motifs is 5. The molecule has 1 N–H and O–H groups in total. The number of ketones is 1. The van der Waals surface area contributed by atoms with Crippen molar-refractivity contribution in [2.24, 2.45) is 40.4 Å². The highest BCUT2D eigenvalue weighted by atomic mass is 16.1. The van der Waals surface area contributed by atoms with Crippen LogP contribution in [0.2, 0.25) is 0 Å². The second-order valence-corrected chi connectivity index (χ2v) is 10.8. The van der Waals surface area contributed by atoms with Gasteiger partial charge in [-0.1, -0.05) is 27.7 Å². The number of nitrogens with one attached hydrogen (secondary N) is 1. The van der Waals surface area contributed by atoms with Crippen LogP contribution in [0.15, 0.2) is 0 Å². The molecule has 4 aliphatic rings. The Balaban J connectivity index is 1.56. The molecular weight excluding hydrogens is 306 g/mol. The average molecular weight is 346 g/mol. The largest absolute Gasteiger partial charge is 0.313 e. The SMILES string of the molecule is CC(C)CC(=O)C1CC[C@H]2[C@@H]3CCC4NCCC[C@]4(C)[C@@H]3CC[C@]12C. The number of hydrogen-bond donors (Lipinski definition) is 1. The molecule has 1 saturated heterocycles. The second-order valence-electron chi connectivity index (χ2n) is 10.8. The van der Waals surface area contributed by atoms with Crippen molar-refractivity contribution in [2.45, 2.75) is 91.5 Å². The van der Waals surface area contributed by atoms with Gasteiger partial charge in [0.25, 0.3) is 0 Å². The lowest BCUT2D eigenvalue weighted by molar-refractivity contribution is -0.133. The first-order chi connectivity index (χ1) is 11.9.